The van der Waals surface area contributed by atoms with Gasteiger partial charge in [0.2, 0.25) is 0 Å². The van der Waals surface area contributed by atoms with Crippen molar-refractivity contribution in [2.75, 3.05) is 13.2 Å². The Labute approximate surface area is 114 Å². The van der Waals surface area contributed by atoms with Gasteiger partial charge in [-0.2, -0.15) is 0 Å². The van der Waals surface area contributed by atoms with Gasteiger partial charge in [0.1, 0.15) is 5.75 Å². The van der Waals surface area contributed by atoms with E-state index in [0.717, 1.165) is 18.8 Å². The minimum absolute atomic E-state index is 0.332. The molecule has 1 atom stereocenters. The molecule has 1 rings (SSSR count). The molecule has 19 heavy (non-hydrogen) atoms. The van der Waals surface area contributed by atoms with Gasteiger partial charge in [-0.25, -0.2) is 4.79 Å². The van der Waals surface area contributed by atoms with Crippen LogP contribution in [-0.2, 0) is 16.1 Å². The normalized spacial score (nSPS) is 11.9. The van der Waals surface area contributed by atoms with E-state index in [1.54, 1.807) is 13.1 Å². The van der Waals surface area contributed by atoms with E-state index in [9.17, 15) is 4.79 Å². The van der Waals surface area contributed by atoms with Crippen molar-refractivity contribution in [3.05, 3.63) is 24.0 Å². The molecule has 1 unspecified atom stereocenters. The predicted octanol–water partition coefficient (Wildman–Crippen LogP) is 1.91. The van der Waals surface area contributed by atoms with Gasteiger partial charge in [0, 0.05) is 6.54 Å². The van der Waals surface area contributed by atoms with Crippen LogP contribution in [0.3, 0.4) is 0 Å². The maximum atomic E-state index is 11.6. The lowest BCUT2D eigenvalue weighted by molar-refractivity contribution is -0.151. The van der Waals surface area contributed by atoms with Gasteiger partial charge >= 0.3 is 5.97 Å². The van der Waals surface area contributed by atoms with Crippen LogP contribution in [0.5, 0.6) is 5.75 Å². The van der Waals surface area contributed by atoms with Crippen LogP contribution in [0.4, 0.5) is 0 Å². The number of nitrogens with one attached hydrogen (secondary N) is 1. The lowest BCUT2D eigenvalue weighted by atomic mass is 10.2. The molecule has 0 amide bonds. The molecule has 0 aliphatic heterocycles. The number of pyridine rings is 1. The summed E-state index contributed by atoms with van der Waals surface area (Å²) in [6.45, 7) is 7.70. The van der Waals surface area contributed by atoms with E-state index in [1.165, 1.54) is 0 Å². The smallest absolute Gasteiger partial charge is 0.347 e. The second-order valence-corrected chi connectivity index (χ2v) is 4.03. The molecule has 0 radical (unpaired) electrons. The fraction of sp³-hybridized carbons (Fsp3) is 0.571. The van der Waals surface area contributed by atoms with E-state index >= 15 is 0 Å². The maximum absolute atomic E-state index is 11.6. The predicted molar refractivity (Wildman–Crippen MR) is 73.0 cm³/mol. The van der Waals surface area contributed by atoms with E-state index < -0.39 is 6.10 Å². The van der Waals surface area contributed by atoms with E-state index in [0.29, 0.717) is 18.8 Å². The van der Waals surface area contributed by atoms with E-state index in [2.05, 4.69) is 10.3 Å². The van der Waals surface area contributed by atoms with Crippen molar-refractivity contribution in [2.45, 2.75) is 39.8 Å². The quantitative estimate of drug-likeness (QED) is 0.728. The van der Waals surface area contributed by atoms with Gasteiger partial charge < -0.3 is 14.8 Å². The fourth-order valence-electron chi connectivity index (χ4n) is 1.54. The van der Waals surface area contributed by atoms with Gasteiger partial charge in [-0.1, -0.05) is 13.8 Å². The Kier molecular flexibility index (Phi) is 6.89. The SMILES string of the molecule is CCNCc1ccc(OC(CC)C(=O)OCC)cn1. The fourth-order valence-corrected chi connectivity index (χ4v) is 1.54. The zero-order valence-electron chi connectivity index (χ0n) is 11.8. The number of carbonyl (C=O) groups excluding carboxylic acids is 1. The molecular weight excluding hydrogens is 244 g/mol. The zero-order chi connectivity index (χ0) is 14.1. The molecule has 5 nitrogen and oxygen atoms in total. The first-order chi connectivity index (χ1) is 9.21. The lowest BCUT2D eigenvalue weighted by Crippen LogP contribution is -2.28. The molecule has 0 aliphatic carbocycles. The summed E-state index contributed by atoms with van der Waals surface area (Å²) in [7, 11) is 0. The Morgan fingerprint density at radius 1 is 1.37 bits per heavy atom. The van der Waals surface area contributed by atoms with Gasteiger partial charge in [0.25, 0.3) is 0 Å². The van der Waals surface area contributed by atoms with Crippen LogP contribution in [0.1, 0.15) is 32.9 Å². The third-order valence-electron chi connectivity index (χ3n) is 2.55. The number of hydrogen-bond acceptors (Lipinski definition) is 5. The summed E-state index contributed by atoms with van der Waals surface area (Å²) in [6.07, 6.45) is 1.63. The van der Waals surface area contributed by atoms with Crippen molar-refractivity contribution in [2.24, 2.45) is 0 Å². The van der Waals surface area contributed by atoms with Gasteiger partial charge in [-0.3, -0.25) is 4.98 Å². The molecule has 5 heteroatoms. The number of ether oxygens (including phenoxy) is 2. The summed E-state index contributed by atoms with van der Waals surface area (Å²) in [5.41, 5.74) is 0.943. The third kappa shape index (κ3) is 5.26. The number of rotatable bonds is 8. The highest BCUT2D eigenvalue weighted by molar-refractivity contribution is 5.75. The summed E-state index contributed by atoms with van der Waals surface area (Å²) in [6, 6.07) is 3.71. The molecule has 0 aromatic carbocycles. The molecule has 0 aliphatic rings. The van der Waals surface area contributed by atoms with Gasteiger partial charge in [-0.15, -0.1) is 0 Å². The number of hydrogen-bond donors (Lipinski definition) is 1. The maximum Gasteiger partial charge on any atom is 0.347 e. The summed E-state index contributed by atoms with van der Waals surface area (Å²) >= 11 is 0. The average Bonchev–Trinajstić information content (AvgIpc) is 2.44. The van der Waals surface area contributed by atoms with Gasteiger partial charge in [0.15, 0.2) is 6.10 Å². The second-order valence-electron chi connectivity index (χ2n) is 4.03. The molecule has 0 saturated heterocycles. The average molecular weight is 266 g/mol. The molecular formula is C14H22N2O3. The Morgan fingerprint density at radius 2 is 2.16 bits per heavy atom. The molecule has 106 valence electrons. The molecule has 1 N–H and O–H groups in total. The van der Waals surface area contributed by atoms with Crippen LogP contribution < -0.4 is 10.1 Å². The molecule has 1 aromatic rings. The minimum atomic E-state index is -0.568. The number of nitrogens with zero attached hydrogens (tertiary/aromatic N) is 1. The van der Waals surface area contributed by atoms with Crippen molar-refractivity contribution >= 4 is 5.97 Å². The summed E-state index contributed by atoms with van der Waals surface area (Å²) in [5.74, 6) is 0.252. The first kappa shape index (κ1) is 15.4. The molecule has 0 spiro atoms. The highest BCUT2D eigenvalue weighted by Gasteiger charge is 2.19. The zero-order valence-corrected chi connectivity index (χ0v) is 11.8. The third-order valence-corrected chi connectivity index (χ3v) is 2.55. The standard InChI is InChI=1S/C14H22N2O3/c1-4-13(14(17)18-6-3)19-12-8-7-11(16-10-12)9-15-5-2/h7-8,10,13,15H,4-6,9H2,1-3H3. The van der Waals surface area contributed by atoms with Crippen molar-refractivity contribution in [3.8, 4) is 5.75 Å². The Bertz CT molecular complexity index is 379. The molecule has 1 heterocycles. The Balaban J connectivity index is 2.57. The number of carbonyl (C=O) groups is 1. The minimum Gasteiger partial charge on any atom is -0.477 e. The number of aromatic nitrogens is 1. The molecule has 0 bridgehead atoms. The van der Waals surface area contributed by atoms with E-state index in [1.807, 2.05) is 26.0 Å². The topological polar surface area (TPSA) is 60.5 Å². The van der Waals surface area contributed by atoms with Crippen LogP contribution in [0.15, 0.2) is 18.3 Å². The Morgan fingerprint density at radius 3 is 2.68 bits per heavy atom. The lowest BCUT2D eigenvalue weighted by Gasteiger charge is -2.15. The molecule has 0 saturated carbocycles. The first-order valence-corrected chi connectivity index (χ1v) is 6.70. The number of esters is 1. The van der Waals surface area contributed by atoms with Crippen LogP contribution >= 0.6 is 0 Å². The van der Waals surface area contributed by atoms with Crippen LogP contribution in [0, 0.1) is 0 Å². The monoisotopic (exact) mass is 266 g/mol. The van der Waals surface area contributed by atoms with Crippen molar-refractivity contribution in [1.82, 2.24) is 10.3 Å². The van der Waals surface area contributed by atoms with E-state index in [4.69, 9.17) is 9.47 Å². The summed E-state index contributed by atoms with van der Waals surface area (Å²) in [5, 5.41) is 3.19. The largest absolute Gasteiger partial charge is 0.477 e. The first-order valence-electron chi connectivity index (χ1n) is 6.70. The van der Waals surface area contributed by atoms with Crippen LogP contribution in [0.25, 0.3) is 0 Å². The van der Waals surface area contributed by atoms with Gasteiger partial charge in [-0.05, 0) is 32.0 Å². The van der Waals surface area contributed by atoms with Crippen molar-refractivity contribution < 1.29 is 14.3 Å². The van der Waals surface area contributed by atoms with E-state index in [-0.39, 0.29) is 5.97 Å². The summed E-state index contributed by atoms with van der Waals surface area (Å²) in [4.78, 5) is 15.9. The summed E-state index contributed by atoms with van der Waals surface area (Å²) < 4.78 is 10.5. The molecule has 0 fully saturated rings. The van der Waals surface area contributed by atoms with Crippen molar-refractivity contribution in [1.29, 1.82) is 0 Å². The van der Waals surface area contributed by atoms with Gasteiger partial charge in [0.05, 0.1) is 18.5 Å². The second kappa shape index (κ2) is 8.48. The van der Waals surface area contributed by atoms with Crippen LogP contribution in [0.2, 0.25) is 0 Å². The Hall–Kier alpha value is -1.62. The highest BCUT2D eigenvalue weighted by atomic mass is 16.6. The van der Waals surface area contributed by atoms with Crippen molar-refractivity contribution in [3.63, 3.8) is 0 Å². The highest BCUT2D eigenvalue weighted by Crippen LogP contribution is 2.13. The molecule has 1 aromatic heterocycles. The van der Waals surface area contributed by atoms with Crippen LogP contribution in [-0.4, -0.2) is 30.2 Å².